The molecular formula is C13H14ClNO2. The Bertz CT molecular complexity index is 422. The molecule has 1 aliphatic heterocycles. The van der Waals surface area contributed by atoms with Crippen molar-refractivity contribution in [3.8, 4) is 11.8 Å². The molecule has 0 radical (unpaired) electrons. The summed E-state index contributed by atoms with van der Waals surface area (Å²) < 4.78 is 11.0. The zero-order valence-electron chi connectivity index (χ0n) is 9.49. The van der Waals surface area contributed by atoms with Crippen molar-refractivity contribution in [2.24, 2.45) is 5.92 Å². The van der Waals surface area contributed by atoms with Gasteiger partial charge in [-0.25, -0.2) is 0 Å². The predicted octanol–water partition coefficient (Wildman–Crippen LogP) is 3.02. The summed E-state index contributed by atoms with van der Waals surface area (Å²) in [6.45, 7) is 2.22. The summed E-state index contributed by atoms with van der Waals surface area (Å²) in [6.07, 6.45) is 2.03. The van der Waals surface area contributed by atoms with Gasteiger partial charge in [0.1, 0.15) is 17.4 Å². The van der Waals surface area contributed by atoms with Gasteiger partial charge in [-0.2, -0.15) is 5.26 Å². The van der Waals surface area contributed by atoms with Crippen molar-refractivity contribution in [2.45, 2.75) is 12.8 Å². The molecule has 4 heteroatoms. The predicted molar refractivity (Wildman–Crippen MR) is 65.2 cm³/mol. The van der Waals surface area contributed by atoms with E-state index in [1.54, 1.807) is 18.2 Å². The Balaban J connectivity index is 1.99. The monoisotopic (exact) mass is 251 g/mol. The maximum Gasteiger partial charge on any atom is 0.138 e. The zero-order valence-corrected chi connectivity index (χ0v) is 10.2. The lowest BCUT2D eigenvalue weighted by Gasteiger charge is -2.22. The first-order valence-corrected chi connectivity index (χ1v) is 6.08. The number of halogens is 1. The maximum atomic E-state index is 9.00. The van der Waals surface area contributed by atoms with Crippen LogP contribution < -0.4 is 4.74 Å². The summed E-state index contributed by atoms with van der Waals surface area (Å²) in [4.78, 5) is 0. The molecule has 0 atom stereocenters. The second-order valence-corrected chi connectivity index (χ2v) is 4.50. The molecule has 90 valence electrons. The third kappa shape index (κ3) is 3.12. The molecule has 1 saturated heterocycles. The standard InChI is InChI=1S/C13H14ClNO2/c14-12-2-1-3-13(11(12)8-15)17-9-10-4-6-16-7-5-10/h1-3,10H,4-7,9H2. The fraction of sp³-hybridized carbons (Fsp3) is 0.462. The molecule has 1 heterocycles. The largest absolute Gasteiger partial charge is 0.492 e. The number of ether oxygens (including phenoxy) is 2. The lowest BCUT2D eigenvalue weighted by atomic mass is 10.0. The zero-order chi connectivity index (χ0) is 12.1. The fourth-order valence-corrected chi connectivity index (χ4v) is 2.06. The molecule has 3 nitrogen and oxygen atoms in total. The first-order chi connectivity index (χ1) is 8.31. The molecule has 0 N–H and O–H groups in total. The summed E-state index contributed by atoms with van der Waals surface area (Å²) in [7, 11) is 0. The maximum absolute atomic E-state index is 9.00. The lowest BCUT2D eigenvalue weighted by Crippen LogP contribution is -2.21. The van der Waals surface area contributed by atoms with Crippen LogP contribution in [0.25, 0.3) is 0 Å². The minimum absolute atomic E-state index is 0.418. The number of benzene rings is 1. The second-order valence-electron chi connectivity index (χ2n) is 4.09. The minimum atomic E-state index is 0.418. The van der Waals surface area contributed by atoms with Crippen LogP contribution in [0.1, 0.15) is 18.4 Å². The number of nitrogens with zero attached hydrogens (tertiary/aromatic N) is 1. The van der Waals surface area contributed by atoms with Crippen LogP contribution in [0.5, 0.6) is 5.75 Å². The first kappa shape index (κ1) is 12.2. The van der Waals surface area contributed by atoms with Gasteiger partial charge >= 0.3 is 0 Å². The van der Waals surface area contributed by atoms with Gasteiger partial charge in [0.05, 0.1) is 11.6 Å². The fourth-order valence-electron chi connectivity index (χ4n) is 1.85. The van der Waals surface area contributed by atoms with Crippen molar-refractivity contribution >= 4 is 11.6 Å². The molecule has 0 bridgehead atoms. The van der Waals surface area contributed by atoms with E-state index in [4.69, 9.17) is 26.3 Å². The van der Waals surface area contributed by atoms with Gasteiger partial charge in [0, 0.05) is 13.2 Å². The van der Waals surface area contributed by atoms with Crippen LogP contribution in [0.15, 0.2) is 18.2 Å². The highest BCUT2D eigenvalue weighted by Crippen LogP contribution is 2.26. The second kappa shape index (κ2) is 5.90. The summed E-state index contributed by atoms with van der Waals surface area (Å²) in [5.74, 6) is 1.08. The molecule has 17 heavy (non-hydrogen) atoms. The highest BCUT2D eigenvalue weighted by molar-refractivity contribution is 6.31. The van der Waals surface area contributed by atoms with E-state index in [1.807, 2.05) is 0 Å². The minimum Gasteiger partial charge on any atom is -0.492 e. The van der Waals surface area contributed by atoms with Gasteiger partial charge < -0.3 is 9.47 Å². The van der Waals surface area contributed by atoms with Crippen molar-refractivity contribution in [2.75, 3.05) is 19.8 Å². The molecule has 0 aromatic heterocycles. The van der Waals surface area contributed by atoms with Gasteiger partial charge in [-0.1, -0.05) is 17.7 Å². The third-order valence-electron chi connectivity index (χ3n) is 2.90. The Hall–Kier alpha value is -1.24. The van der Waals surface area contributed by atoms with Gasteiger partial charge in [-0.3, -0.25) is 0 Å². The average Bonchev–Trinajstić information content (AvgIpc) is 2.37. The molecule has 1 aromatic carbocycles. The van der Waals surface area contributed by atoms with E-state index >= 15 is 0 Å². The van der Waals surface area contributed by atoms with Crippen molar-refractivity contribution in [3.05, 3.63) is 28.8 Å². The normalized spacial score (nSPS) is 16.5. The summed E-state index contributed by atoms with van der Waals surface area (Å²) >= 11 is 5.93. The molecule has 0 saturated carbocycles. The van der Waals surface area contributed by atoms with Crippen LogP contribution in [-0.2, 0) is 4.74 Å². The Morgan fingerprint density at radius 2 is 2.18 bits per heavy atom. The number of hydrogen-bond acceptors (Lipinski definition) is 3. The van der Waals surface area contributed by atoms with Crippen molar-refractivity contribution < 1.29 is 9.47 Å². The van der Waals surface area contributed by atoms with Gasteiger partial charge in [0.2, 0.25) is 0 Å². The topological polar surface area (TPSA) is 42.2 Å². The van der Waals surface area contributed by atoms with Crippen LogP contribution >= 0.6 is 11.6 Å². The van der Waals surface area contributed by atoms with Crippen LogP contribution in [0.3, 0.4) is 0 Å². The van der Waals surface area contributed by atoms with Gasteiger partial charge in [-0.15, -0.1) is 0 Å². The van der Waals surface area contributed by atoms with Gasteiger partial charge in [0.25, 0.3) is 0 Å². The smallest absolute Gasteiger partial charge is 0.138 e. The quantitative estimate of drug-likeness (QED) is 0.829. The highest BCUT2D eigenvalue weighted by Gasteiger charge is 2.15. The lowest BCUT2D eigenvalue weighted by molar-refractivity contribution is 0.0497. The van der Waals surface area contributed by atoms with Gasteiger partial charge in [-0.05, 0) is 30.9 Å². The Morgan fingerprint density at radius 3 is 2.88 bits per heavy atom. The van der Waals surface area contributed by atoms with Crippen LogP contribution in [-0.4, -0.2) is 19.8 Å². The molecule has 0 amide bonds. The molecular weight excluding hydrogens is 238 g/mol. The molecule has 1 aromatic rings. The van der Waals surface area contributed by atoms with E-state index in [9.17, 15) is 0 Å². The average molecular weight is 252 g/mol. The Kier molecular flexibility index (Phi) is 4.24. The first-order valence-electron chi connectivity index (χ1n) is 5.70. The van der Waals surface area contributed by atoms with E-state index in [2.05, 4.69) is 6.07 Å². The summed E-state index contributed by atoms with van der Waals surface area (Å²) in [5.41, 5.74) is 0.418. The summed E-state index contributed by atoms with van der Waals surface area (Å²) in [5, 5.41) is 9.44. The highest BCUT2D eigenvalue weighted by atomic mass is 35.5. The summed E-state index contributed by atoms with van der Waals surface area (Å²) in [6, 6.07) is 7.34. The van der Waals surface area contributed by atoms with E-state index in [0.29, 0.717) is 28.9 Å². The Labute approximate surface area is 106 Å². The van der Waals surface area contributed by atoms with E-state index in [-0.39, 0.29) is 0 Å². The Morgan fingerprint density at radius 1 is 1.41 bits per heavy atom. The SMILES string of the molecule is N#Cc1c(Cl)cccc1OCC1CCOCC1. The van der Waals surface area contributed by atoms with E-state index in [0.717, 1.165) is 26.1 Å². The molecule has 0 unspecified atom stereocenters. The number of nitriles is 1. The van der Waals surface area contributed by atoms with Crippen molar-refractivity contribution in [3.63, 3.8) is 0 Å². The molecule has 0 spiro atoms. The molecule has 0 aliphatic carbocycles. The van der Waals surface area contributed by atoms with E-state index < -0.39 is 0 Å². The third-order valence-corrected chi connectivity index (χ3v) is 3.22. The van der Waals surface area contributed by atoms with Crippen molar-refractivity contribution in [1.82, 2.24) is 0 Å². The van der Waals surface area contributed by atoms with Crippen molar-refractivity contribution in [1.29, 1.82) is 5.26 Å². The molecule has 2 rings (SSSR count). The number of rotatable bonds is 3. The van der Waals surface area contributed by atoms with E-state index in [1.165, 1.54) is 0 Å². The van der Waals surface area contributed by atoms with Crippen LogP contribution in [0.2, 0.25) is 5.02 Å². The molecule has 1 aliphatic rings. The molecule has 1 fully saturated rings. The van der Waals surface area contributed by atoms with Gasteiger partial charge in [0.15, 0.2) is 0 Å². The van der Waals surface area contributed by atoms with Crippen LogP contribution in [0, 0.1) is 17.2 Å². The number of hydrogen-bond donors (Lipinski definition) is 0. The van der Waals surface area contributed by atoms with Crippen LogP contribution in [0.4, 0.5) is 0 Å².